The fourth-order valence-electron chi connectivity index (χ4n) is 2.21. The zero-order chi connectivity index (χ0) is 19.5. The first-order valence-electron chi connectivity index (χ1n) is 8.43. The van der Waals surface area contributed by atoms with Gasteiger partial charge in [-0.15, -0.1) is 0 Å². The zero-order valence-corrected chi connectivity index (χ0v) is 16.2. The molecule has 150 valence electrons. The smallest absolute Gasteiger partial charge is 0.334 e. The number of carbonyl (C=O) groups is 1. The van der Waals surface area contributed by atoms with Crippen molar-refractivity contribution < 1.29 is 39.2 Å². The van der Waals surface area contributed by atoms with E-state index in [9.17, 15) is 25.2 Å². The van der Waals surface area contributed by atoms with Crippen molar-refractivity contribution >= 4 is 14.5 Å². The van der Waals surface area contributed by atoms with E-state index in [0.29, 0.717) is 13.0 Å². The quantitative estimate of drug-likeness (QED) is 0.156. The number of nitrogens with one attached hydrogen (secondary N) is 1. The Bertz CT molecular complexity index is 369. The molecule has 0 aliphatic carbocycles. The molecular weight excluding hydrogens is 350 g/mol. The molecule has 0 heterocycles. The second-order valence-electron chi connectivity index (χ2n) is 6.17. The van der Waals surface area contributed by atoms with Gasteiger partial charge < -0.3 is 39.7 Å². The molecule has 6 N–H and O–H groups in total. The Morgan fingerprint density at radius 2 is 1.56 bits per heavy atom. The highest BCUT2D eigenvalue weighted by molar-refractivity contribution is 6.65. The molecule has 0 saturated heterocycles. The maximum atomic E-state index is 11.7. The molecule has 25 heavy (non-hydrogen) atoms. The lowest BCUT2D eigenvalue weighted by Crippen LogP contribution is -2.51. The van der Waals surface area contributed by atoms with Crippen LogP contribution in [0.2, 0.25) is 12.6 Å². The highest BCUT2D eigenvalue weighted by Gasteiger charge is 2.33. The Morgan fingerprint density at radius 3 is 2.08 bits per heavy atom. The van der Waals surface area contributed by atoms with E-state index in [1.54, 1.807) is 14.2 Å². The van der Waals surface area contributed by atoms with Gasteiger partial charge in [-0.1, -0.05) is 19.3 Å². The molecule has 0 aliphatic heterocycles. The lowest BCUT2D eigenvalue weighted by molar-refractivity contribution is -0.148. The van der Waals surface area contributed by atoms with Crippen LogP contribution in [0.5, 0.6) is 0 Å². The first kappa shape index (κ1) is 24.4. The molecule has 4 unspecified atom stereocenters. The van der Waals surface area contributed by atoms with Gasteiger partial charge in [-0.3, -0.25) is 4.79 Å². The number of amides is 1. The molecule has 0 saturated carbocycles. The number of hydrogen-bond donors (Lipinski definition) is 6. The van der Waals surface area contributed by atoms with Gasteiger partial charge in [0.2, 0.25) is 0 Å². The highest BCUT2D eigenvalue weighted by Crippen LogP contribution is 2.16. The van der Waals surface area contributed by atoms with Gasteiger partial charge >= 0.3 is 8.56 Å². The van der Waals surface area contributed by atoms with E-state index in [1.807, 2.05) is 6.55 Å². The number of rotatable bonds is 14. The first-order valence-corrected chi connectivity index (χ1v) is 11.0. The van der Waals surface area contributed by atoms with Crippen LogP contribution in [0, 0.1) is 0 Å². The van der Waals surface area contributed by atoms with E-state index in [-0.39, 0.29) is 0 Å². The Morgan fingerprint density at radius 1 is 1.00 bits per heavy atom. The minimum Gasteiger partial charge on any atom is -0.398 e. The van der Waals surface area contributed by atoms with Crippen LogP contribution in [0.4, 0.5) is 0 Å². The summed E-state index contributed by atoms with van der Waals surface area (Å²) >= 11 is 0. The molecular formula is C15H33NO8Si. The minimum absolute atomic E-state index is 0.324. The molecule has 1 amide bonds. The summed E-state index contributed by atoms with van der Waals surface area (Å²) in [6.45, 7) is 1.53. The summed E-state index contributed by atoms with van der Waals surface area (Å²) in [5.74, 6) is -0.838. The van der Waals surface area contributed by atoms with Crippen molar-refractivity contribution in [2.24, 2.45) is 0 Å². The molecule has 0 fully saturated rings. The van der Waals surface area contributed by atoms with E-state index >= 15 is 0 Å². The van der Waals surface area contributed by atoms with Gasteiger partial charge in [-0.25, -0.2) is 0 Å². The SMILES string of the molecule is CO[Si](C)(CCCCCCNC(=O)C(O)C(O)C(O)C(O)CO)OC. The standard InChI is InChI=1S/C15H33NO8Si/c1-23-25(3,24-2)9-7-5-4-6-8-16-15(22)14(21)13(20)12(19)11(18)10-17/h11-14,17-21H,4-10H2,1-3H3,(H,16,22). The third-order valence-corrected chi connectivity index (χ3v) is 7.23. The Hall–Kier alpha value is -0.593. The topological polar surface area (TPSA) is 149 Å². The number of carbonyl (C=O) groups excluding carboxylic acids is 1. The van der Waals surface area contributed by atoms with Gasteiger partial charge in [-0.05, 0) is 19.0 Å². The number of unbranched alkanes of at least 4 members (excludes halogenated alkanes) is 3. The third-order valence-electron chi connectivity index (χ3n) is 4.24. The predicted molar refractivity (Wildman–Crippen MR) is 93.0 cm³/mol. The van der Waals surface area contributed by atoms with Crippen molar-refractivity contribution in [3.05, 3.63) is 0 Å². The van der Waals surface area contributed by atoms with E-state index in [2.05, 4.69) is 5.32 Å². The average Bonchev–Trinajstić information content (AvgIpc) is 2.64. The summed E-state index contributed by atoms with van der Waals surface area (Å²) in [6.07, 6.45) is -3.71. The van der Waals surface area contributed by atoms with E-state index < -0.39 is 45.5 Å². The molecule has 4 atom stereocenters. The second-order valence-corrected chi connectivity index (χ2v) is 9.76. The average molecular weight is 384 g/mol. The minimum atomic E-state index is -2.03. The summed E-state index contributed by atoms with van der Waals surface area (Å²) in [5, 5.41) is 49.1. The molecule has 0 rings (SSSR count). The monoisotopic (exact) mass is 383 g/mol. The predicted octanol–water partition coefficient (Wildman–Crippen LogP) is -1.54. The van der Waals surface area contributed by atoms with Crippen molar-refractivity contribution in [1.82, 2.24) is 5.32 Å². The van der Waals surface area contributed by atoms with Crippen LogP contribution in [-0.2, 0) is 13.6 Å². The largest absolute Gasteiger partial charge is 0.398 e. The Labute approximate surface area is 149 Å². The van der Waals surface area contributed by atoms with Crippen LogP contribution in [0.25, 0.3) is 0 Å². The van der Waals surface area contributed by atoms with Gasteiger partial charge in [-0.2, -0.15) is 0 Å². The first-order chi connectivity index (χ1) is 11.7. The summed E-state index contributed by atoms with van der Waals surface area (Å²) in [5.41, 5.74) is 0. The van der Waals surface area contributed by atoms with Gasteiger partial charge in [0.1, 0.15) is 18.3 Å². The van der Waals surface area contributed by atoms with Crippen LogP contribution in [0.1, 0.15) is 25.7 Å². The Balaban J connectivity index is 3.93. The van der Waals surface area contributed by atoms with Crippen molar-refractivity contribution in [2.45, 2.75) is 62.7 Å². The zero-order valence-electron chi connectivity index (χ0n) is 15.2. The van der Waals surface area contributed by atoms with E-state index in [0.717, 1.165) is 25.3 Å². The lowest BCUT2D eigenvalue weighted by Gasteiger charge is -2.25. The maximum absolute atomic E-state index is 11.7. The van der Waals surface area contributed by atoms with Crippen LogP contribution < -0.4 is 5.32 Å². The van der Waals surface area contributed by atoms with Crippen LogP contribution in [0.3, 0.4) is 0 Å². The van der Waals surface area contributed by atoms with Crippen LogP contribution in [0.15, 0.2) is 0 Å². The summed E-state index contributed by atoms with van der Waals surface area (Å²) in [4.78, 5) is 11.7. The number of aliphatic hydroxyl groups is 5. The molecule has 9 nitrogen and oxygen atoms in total. The fraction of sp³-hybridized carbons (Fsp3) is 0.933. The molecule has 0 aliphatic rings. The molecule has 0 aromatic carbocycles. The molecule has 0 bridgehead atoms. The third kappa shape index (κ3) is 9.06. The molecule has 0 aromatic rings. The van der Waals surface area contributed by atoms with Crippen molar-refractivity contribution in [1.29, 1.82) is 0 Å². The highest BCUT2D eigenvalue weighted by atomic mass is 28.4. The molecule has 0 spiro atoms. The maximum Gasteiger partial charge on any atom is 0.334 e. The van der Waals surface area contributed by atoms with Crippen LogP contribution in [-0.4, -0.2) is 91.8 Å². The van der Waals surface area contributed by atoms with Crippen molar-refractivity contribution in [3.63, 3.8) is 0 Å². The number of hydrogen-bond acceptors (Lipinski definition) is 8. The molecule has 0 radical (unpaired) electrons. The van der Waals surface area contributed by atoms with Gasteiger partial charge in [0.05, 0.1) is 6.61 Å². The van der Waals surface area contributed by atoms with E-state index in [1.165, 1.54) is 0 Å². The van der Waals surface area contributed by atoms with Crippen molar-refractivity contribution in [2.75, 3.05) is 27.4 Å². The van der Waals surface area contributed by atoms with Crippen molar-refractivity contribution in [3.8, 4) is 0 Å². The Kier molecular flexibility index (Phi) is 12.4. The summed E-state index contributed by atoms with van der Waals surface area (Å²) in [7, 11) is 1.28. The molecule has 0 aromatic heterocycles. The fourth-order valence-corrected chi connectivity index (χ4v) is 3.67. The molecule has 10 heteroatoms. The summed E-state index contributed by atoms with van der Waals surface area (Å²) < 4.78 is 10.8. The second kappa shape index (κ2) is 12.7. The van der Waals surface area contributed by atoms with Gasteiger partial charge in [0.15, 0.2) is 6.10 Å². The van der Waals surface area contributed by atoms with Crippen LogP contribution >= 0.6 is 0 Å². The summed E-state index contributed by atoms with van der Waals surface area (Å²) in [6, 6.07) is 0.891. The van der Waals surface area contributed by atoms with E-state index in [4.69, 9.17) is 14.0 Å². The lowest BCUT2D eigenvalue weighted by atomic mass is 10.0. The normalized spacial score (nSPS) is 17.0. The number of aliphatic hydroxyl groups excluding tert-OH is 5. The van der Waals surface area contributed by atoms with Gasteiger partial charge in [0, 0.05) is 20.8 Å². The van der Waals surface area contributed by atoms with Gasteiger partial charge in [0.25, 0.3) is 5.91 Å².